The van der Waals surface area contributed by atoms with Crippen molar-refractivity contribution >= 4 is 11.8 Å². The first-order valence-electron chi connectivity index (χ1n) is 9.65. The topological polar surface area (TPSA) is 85.5 Å². The van der Waals surface area contributed by atoms with Gasteiger partial charge in [0, 0.05) is 44.0 Å². The molecule has 9 heteroatoms. The Labute approximate surface area is 163 Å². The minimum Gasteiger partial charge on any atom is -0.378 e. The third-order valence-electron chi connectivity index (χ3n) is 5.18. The van der Waals surface area contributed by atoms with Gasteiger partial charge in [-0.1, -0.05) is 0 Å². The lowest BCUT2D eigenvalue weighted by molar-refractivity contribution is -0.136. The van der Waals surface area contributed by atoms with E-state index < -0.39 is 0 Å². The van der Waals surface area contributed by atoms with Crippen molar-refractivity contribution in [2.45, 2.75) is 33.4 Å². The molecule has 0 aromatic carbocycles. The Morgan fingerprint density at radius 2 is 1.71 bits per heavy atom. The second-order valence-corrected chi connectivity index (χ2v) is 7.27. The second-order valence-electron chi connectivity index (χ2n) is 7.27. The summed E-state index contributed by atoms with van der Waals surface area (Å²) in [4.78, 5) is 28.5. The number of carbonyl (C=O) groups excluding carboxylic acids is 2. The van der Waals surface area contributed by atoms with Crippen LogP contribution in [0.1, 0.15) is 17.8 Å². The molecule has 2 aromatic rings. The van der Waals surface area contributed by atoms with E-state index in [1.165, 1.54) is 0 Å². The Balaban J connectivity index is 1.52. The molecule has 2 aliphatic heterocycles. The van der Waals surface area contributed by atoms with Gasteiger partial charge in [0.05, 0.1) is 30.3 Å². The zero-order valence-electron chi connectivity index (χ0n) is 16.3. The predicted molar refractivity (Wildman–Crippen MR) is 100 cm³/mol. The minimum absolute atomic E-state index is 0.0130. The van der Waals surface area contributed by atoms with Crippen LogP contribution < -0.4 is 0 Å². The van der Waals surface area contributed by atoms with Gasteiger partial charge in [-0.2, -0.15) is 10.2 Å². The van der Waals surface area contributed by atoms with Gasteiger partial charge in [0.25, 0.3) is 0 Å². The summed E-state index contributed by atoms with van der Waals surface area (Å²) in [6.45, 7) is 8.12. The highest BCUT2D eigenvalue weighted by atomic mass is 16.5. The van der Waals surface area contributed by atoms with Crippen molar-refractivity contribution in [3.05, 3.63) is 23.7 Å². The van der Waals surface area contributed by atoms with E-state index in [2.05, 4.69) is 16.3 Å². The monoisotopic (exact) mass is 385 g/mol. The van der Waals surface area contributed by atoms with Gasteiger partial charge in [-0.25, -0.2) is 0 Å². The van der Waals surface area contributed by atoms with Crippen LogP contribution in [0.3, 0.4) is 0 Å². The second kappa shape index (κ2) is 7.75. The van der Waals surface area contributed by atoms with Gasteiger partial charge < -0.3 is 14.5 Å². The summed E-state index contributed by atoms with van der Waals surface area (Å²) in [7, 11) is 0. The molecule has 0 spiro atoms. The zero-order valence-corrected chi connectivity index (χ0v) is 16.3. The largest absolute Gasteiger partial charge is 0.378 e. The molecule has 0 N–H and O–H groups in total. The average Bonchev–Trinajstić information content (AvgIpc) is 3.15. The van der Waals surface area contributed by atoms with Crippen LogP contribution in [0.15, 0.2) is 6.20 Å². The summed E-state index contributed by atoms with van der Waals surface area (Å²) < 4.78 is 8.65. The van der Waals surface area contributed by atoms with Crippen molar-refractivity contribution in [1.29, 1.82) is 0 Å². The standard InChI is InChI=1S/C19H25N6O3/c1-14-10-17(25(20-14)13-19(27)23-6-8-28-9-7-23)16-11-24(21-15(16)2)12-18(26)22-4-3-5-22/h11H,3-9,12-13H2,1-2H3. The van der Waals surface area contributed by atoms with E-state index in [0.717, 1.165) is 36.5 Å². The molecular weight excluding hydrogens is 360 g/mol. The molecule has 0 saturated carbocycles. The van der Waals surface area contributed by atoms with Gasteiger partial charge in [-0.3, -0.25) is 19.0 Å². The summed E-state index contributed by atoms with van der Waals surface area (Å²) in [6, 6.07) is 3.23. The molecule has 0 aliphatic carbocycles. The maximum Gasteiger partial charge on any atom is 0.244 e. The number of aromatic nitrogens is 4. The predicted octanol–water partition coefficient (Wildman–Crippen LogP) is 0.255. The van der Waals surface area contributed by atoms with Crippen LogP contribution in [0, 0.1) is 19.9 Å². The normalized spacial score (nSPS) is 16.9. The third kappa shape index (κ3) is 3.80. The van der Waals surface area contributed by atoms with E-state index in [9.17, 15) is 9.59 Å². The molecule has 28 heavy (non-hydrogen) atoms. The number of hydrogen-bond acceptors (Lipinski definition) is 5. The van der Waals surface area contributed by atoms with Crippen molar-refractivity contribution in [3.8, 4) is 11.3 Å². The molecule has 4 rings (SSSR count). The SMILES string of the molecule is Cc1[c]c(-c2cn(CC(=O)N3CCC3)nc2C)n(CC(=O)N2CCOCC2)n1. The Morgan fingerprint density at radius 1 is 1.04 bits per heavy atom. The van der Waals surface area contributed by atoms with Crippen molar-refractivity contribution in [3.63, 3.8) is 0 Å². The number of ether oxygens (including phenoxy) is 1. The lowest BCUT2D eigenvalue weighted by Gasteiger charge is -2.30. The van der Waals surface area contributed by atoms with Gasteiger partial charge >= 0.3 is 0 Å². The van der Waals surface area contributed by atoms with E-state index in [1.807, 2.05) is 24.9 Å². The molecule has 2 fully saturated rings. The van der Waals surface area contributed by atoms with Crippen molar-refractivity contribution in [2.75, 3.05) is 39.4 Å². The van der Waals surface area contributed by atoms with Crippen LogP contribution >= 0.6 is 0 Å². The molecule has 2 saturated heterocycles. The van der Waals surface area contributed by atoms with Crippen LogP contribution in [0.25, 0.3) is 11.3 Å². The van der Waals surface area contributed by atoms with Gasteiger partial charge in [0.2, 0.25) is 11.8 Å². The number of nitrogens with zero attached hydrogens (tertiary/aromatic N) is 6. The van der Waals surface area contributed by atoms with E-state index in [0.29, 0.717) is 32.0 Å². The maximum atomic E-state index is 12.6. The summed E-state index contributed by atoms with van der Waals surface area (Å²) in [5, 5.41) is 8.94. The summed E-state index contributed by atoms with van der Waals surface area (Å²) >= 11 is 0. The molecule has 2 aliphatic rings. The molecule has 149 valence electrons. The lowest BCUT2D eigenvalue weighted by atomic mass is 10.2. The third-order valence-corrected chi connectivity index (χ3v) is 5.18. The van der Waals surface area contributed by atoms with E-state index >= 15 is 0 Å². The van der Waals surface area contributed by atoms with Gasteiger partial charge in [-0.05, 0) is 20.3 Å². The first-order valence-corrected chi connectivity index (χ1v) is 9.65. The van der Waals surface area contributed by atoms with Crippen LogP contribution in [-0.2, 0) is 27.4 Å². The van der Waals surface area contributed by atoms with E-state index in [-0.39, 0.29) is 24.9 Å². The fourth-order valence-corrected chi connectivity index (χ4v) is 3.49. The van der Waals surface area contributed by atoms with Crippen molar-refractivity contribution in [1.82, 2.24) is 29.4 Å². The molecule has 9 nitrogen and oxygen atoms in total. The highest BCUT2D eigenvalue weighted by Crippen LogP contribution is 2.23. The van der Waals surface area contributed by atoms with Crippen LogP contribution in [0.2, 0.25) is 0 Å². The van der Waals surface area contributed by atoms with Gasteiger partial charge in [0.1, 0.15) is 13.1 Å². The van der Waals surface area contributed by atoms with Crippen LogP contribution in [0.5, 0.6) is 0 Å². The number of hydrogen-bond donors (Lipinski definition) is 0. The first-order chi connectivity index (χ1) is 13.5. The van der Waals surface area contributed by atoms with Crippen molar-refractivity contribution in [2.24, 2.45) is 0 Å². The molecular formula is C19H25N6O3. The molecule has 2 aromatic heterocycles. The maximum absolute atomic E-state index is 12.6. The average molecular weight is 385 g/mol. The van der Waals surface area contributed by atoms with Crippen LogP contribution in [-0.4, -0.2) is 80.6 Å². The van der Waals surface area contributed by atoms with E-state index in [4.69, 9.17) is 4.74 Å². The molecule has 0 unspecified atom stereocenters. The molecule has 1 radical (unpaired) electrons. The fourth-order valence-electron chi connectivity index (χ4n) is 3.49. The number of likely N-dealkylation sites (tertiary alicyclic amines) is 1. The quantitative estimate of drug-likeness (QED) is 0.737. The number of carbonyl (C=O) groups is 2. The number of amides is 2. The van der Waals surface area contributed by atoms with Crippen LogP contribution in [0.4, 0.5) is 0 Å². The molecule has 4 heterocycles. The Kier molecular flexibility index (Phi) is 5.17. The summed E-state index contributed by atoms with van der Waals surface area (Å²) in [5.74, 6) is 0.0931. The van der Waals surface area contributed by atoms with E-state index in [1.54, 1.807) is 14.3 Å². The highest BCUT2D eigenvalue weighted by Gasteiger charge is 2.23. The summed E-state index contributed by atoms with van der Waals surface area (Å²) in [5.41, 5.74) is 3.06. The van der Waals surface area contributed by atoms with Gasteiger partial charge in [0.15, 0.2) is 0 Å². The number of morpholine rings is 1. The fraction of sp³-hybridized carbons (Fsp3) is 0.579. The zero-order chi connectivity index (χ0) is 19.7. The summed E-state index contributed by atoms with van der Waals surface area (Å²) in [6.07, 6.45) is 2.91. The Bertz CT molecular complexity index is 876. The Morgan fingerprint density at radius 3 is 2.39 bits per heavy atom. The molecule has 2 amide bonds. The number of rotatable bonds is 5. The molecule has 0 atom stereocenters. The highest BCUT2D eigenvalue weighted by molar-refractivity contribution is 5.78. The van der Waals surface area contributed by atoms with Gasteiger partial charge in [-0.15, -0.1) is 0 Å². The Hall–Kier alpha value is -2.68. The smallest absolute Gasteiger partial charge is 0.244 e. The lowest BCUT2D eigenvalue weighted by Crippen LogP contribution is -2.43. The minimum atomic E-state index is 0.0130. The molecule has 0 bridgehead atoms. The first kappa shape index (κ1) is 18.7. The van der Waals surface area contributed by atoms with Crippen molar-refractivity contribution < 1.29 is 14.3 Å². The number of aryl methyl sites for hydroxylation is 2.